The summed E-state index contributed by atoms with van der Waals surface area (Å²) in [5.41, 5.74) is 0. The number of aliphatic hydroxyl groups is 1. The van der Waals surface area contributed by atoms with Gasteiger partial charge in [0.1, 0.15) is 0 Å². The molecule has 2 atom stereocenters. The number of aliphatic hydroxyl groups excluding tert-OH is 1. The second-order valence-corrected chi connectivity index (χ2v) is 4.17. The van der Waals surface area contributed by atoms with Gasteiger partial charge in [0, 0.05) is 19.7 Å². The standard InChI is InChI=1S/C11H23NO2/c1-3-12(7-6-10(2)13)9-11-5-4-8-14-11/h10-11,13H,3-9H2,1-2H3. The van der Waals surface area contributed by atoms with Gasteiger partial charge in [0.05, 0.1) is 12.2 Å². The fourth-order valence-corrected chi connectivity index (χ4v) is 1.82. The molecule has 0 aromatic heterocycles. The molecule has 1 N–H and O–H groups in total. The number of hydrogen-bond acceptors (Lipinski definition) is 3. The highest BCUT2D eigenvalue weighted by atomic mass is 16.5. The molecule has 0 saturated carbocycles. The molecule has 14 heavy (non-hydrogen) atoms. The molecule has 3 heteroatoms. The van der Waals surface area contributed by atoms with E-state index < -0.39 is 0 Å². The third-order valence-electron chi connectivity index (χ3n) is 2.80. The van der Waals surface area contributed by atoms with Crippen LogP contribution in [0, 0.1) is 0 Å². The number of ether oxygens (including phenoxy) is 1. The molecule has 0 spiro atoms. The van der Waals surface area contributed by atoms with Crippen LogP contribution < -0.4 is 0 Å². The molecule has 1 fully saturated rings. The summed E-state index contributed by atoms with van der Waals surface area (Å²) in [4.78, 5) is 2.36. The lowest BCUT2D eigenvalue weighted by Gasteiger charge is -2.24. The number of likely N-dealkylation sites (N-methyl/N-ethyl adjacent to an activating group) is 1. The average Bonchev–Trinajstić information content (AvgIpc) is 2.64. The van der Waals surface area contributed by atoms with Crippen LogP contribution in [0.4, 0.5) is 0 Å². The fraction of sp³-hybridized carbons (Fsp3) is 1.00. The Kier molecular flexibility index (Phi) is 5.45. The Morgan fingerprint density at radius 1 is 1.57 bits per heavy atom. The van der Waals surface area contributed by atoms with Crippen molar-refractivity contribution >= 4 is 0 Å². The Morgan fingerprint density at radius 2 is 2.36 bits per heavy atom. The van der Waals surface area contributed by atoms with Crippen molar-refractivity contribution in [1.82, 2.24) is 4.90 Å². The molecule has 1 rings (SSSR count). The van der Waals surface area contributed by atoms with E-state index in [0.717, 1.165) is 32.7 Å². The van der Waals surface area contributed by atoms with Crippen molar-refractivity contribution in [2.45, 2.75) is 45.3 Å². The summed E-state index contributed by atoms with van der Waals surface area (Å²) >= 11 is 0. The van der Waals surface area contributed by atoms with E-state index in [1.807, 2.05) is 6.92 Å². The molecule has 0 aliphatic carbocycles. The first-order chi connectivity index (χ1) is 6.72. The highest BCUT2D eigenvalue weighted by Crippen LogP contribution is 2.13. The predicted molar refractivity (Wildman–Crippen MR) is 57.4 cm³/mol. The van der Waals surface area contributed by atoms with Gasteiger partial charge in [0.15, 0.2) is 0 Å². The molecule has 1 aliphatic rings. The van der Waals surface area contributed by atoms with Crippen molar-refractivity contribution in [3.8, 4) is 0 Å². The first-order valence-electron chi connectivity index (χ1n) is 5.74. The van der Waals surface area contributed by atoms with E-state index in [9.17, 15) is 5.11 Å². The second kappa shape index (κ2) is 6.38. The Bertz CT molecular complexity index is 144. The van der Waals surface area contributed by atoms with Gasteiger partial charge in [0.25, 0.3) is 0 Å². The van der Waals surface area contributed by atoms with Crippen LogP contribution in [0.5, 0.6) is 0 Å². The minimum absolute atomic E-state index is 0.187. The van der Waals surface area contributed by atoms with Gasteiger partial charge in [-0.15, -0.1) is 0 Å². The van der Waals surface area contributed by atoms with Gasteiger partial charge in [-0.3, -0.25) is 0 Å². The van der Waals surface area contributed by atoms with E-state index in [4.69, 9.17) is 4.74 Å². The molecular weight excluding hydrogens is 178 g/mol. The van der Waals surface area contributed by atoms with Crippen molar-refractivity contribution in [1.29, 1.82) is 0 Å². The summed E-state index contributed by atoms with van der Waals surface area (Å²) in [6.45, 7) is 8.00. The quantitative estimate of drug-likeness (QED) is 0.702. The fourth-order valence-electron chi connectivity index (χ4n) is 1.82. The van der Waals surface area contributed by atoms with Gasteiger partial charge in [-0.1, -0.05) is 6.92 Å². The first-order valence-corrected chi connectivity index (χ1v) is 5.74. The van der Waals surface area contributed by atoms with Crippen LogP contribution in [0.25, 0.3) is 0 Å². The van der Waals surface area contributed by atoms with Crippen LogP contribution in [-0.4, -0.2) is 48.5 Å². The zero-order valence-corrected chi connectivity index (χ0v) is 9.41. The van der Waals surface area contributed by atoms with Crippen molar-refractivity contribution in [2.24, 2.45) is 0 Å². The van der Waals surface area contributed by atoms with Crippen LogP contribution in [0.3, 0.4) is 0 Å². The van der Waals surface area contributed by atoms with Crippen molar-refractivity contribution in [3.63, 3.8) is 0 Å². The maximum Gasteiger partial charge on any atom is 0.0702 e. The van der Waals surface area contributed by atoms with E-state index in [2.05, 4.69) is 11.8 Å². The third kappa shape index (κ3) is 4.40. The lowest BCUT2D eigenvalue weighted by atomic mass is 10.2. The summed E-state index contributed by atoms with van der Waals surface area (Å²) in [6.07, 6.45) is 3.52. The van der Waals surface area contributed by atoms with E-state index >= 15 is 0 Å². The molecule has 84 valence electrons. The SMILES string of the molecule is CCN(CCC(C)O)CC1CCCO1. The summed E-state index contributed by atoms with van der Waals surface area (Å²) in [7, 11) is 0. The third-order valence-corrected chi connectivity index (χ3v) is 2.80. The monoisotopic (exact) mass is 201 g/mol. The van der Waals surface area contributed by atoms with Crippen LogP contribution >= 0.6 is 0 Å². The molecule has 1 aliphatic heterocycles. The highest BCUT2D eigenvalue weighted by molar-refractivity contribution is 4.70. The Hall–Kier alpha value is -0.120. The predicted octanol–water partition coefficient (Wildman–Crippen LogP) is 1.26. The molecule has 2 unspecified atom stereocenters. The van der Waals surface area contributed by atoms with Gasteiger partial charge in [-0.25, -0.2) is 0 Å². The van der Waals surface area contributed by atoms with Gasteiger partial charge in [-0.05, 0) is 32.7 Å². The largest absolute Gasteiger partial charge is 0.393 e. The van der Waals surface area contributed by atoms with Crippen LogP contribution in [0.15, 0.2) is 0 Å². The van der Waals surface area contributed by atoms with E-state index in [-0.39, 0.29) is 6.10 Å². The Labute approximate surface area is 87.1 Å². The lowest BCUT2D eigenvalue weighted by Crippen LogP contribution is -2.34. The minimum atomic E-state index is -0.187. The zero-order valence-electron chi connectivity index (χ0n) is 9.41. The normalized spacial score (nSPS) is 24.4. The summed E-state index contributed by atoms with van der Waals surface area (Å²) < 4.78 is 5.59. The molecule has 3 nitrogen and oxygen atoms in total. The summed E-state index contributed by atoms with van der Waals surface area (Å²) in [5, 5.41) is 9.20. The van der Waals surface area contributed by atoms with Gasteiger partial charge >= 0.3 is 0 Å². The van der Waals surface area contributed by atoms with Crippen molar-refractivity contribution in [2.75, 3.05) is 26.2 Å². The van der Waals surface area contributed by atoms with Crippen molar-refractivity contribution < 1.29 is 9.84 Å². The lowest BCUT2D eigenvalue weighted by molar-refractivity contribution is 0.0685. The topological polar surface area (TPSA) is 32.7 Å². The first kappa shape index (κ1) is 12.0. The summed E-state index contributed by atoms with van der Waals surface area (Å²) in [5.74, 6) is 0. The van der Waals surface area contributed by atoms with Gasteiger partial charge in [-0.2, -0.15) is 0 Å². The highest BCUT2D eigenvalue weighted by Gasteiger charge is 2.18. The minimum Gasteiger partial charge on any atom is -0.393 e. The molecule has 1 heterocycles. The zero-order chi connectivity index (χ0) is 10.4. The smallest absolute Gasteiger partial charge is 0.0702 e. The average molecular weight is 201 g/mol. The molecule has 0 bridgehead atoms. The Balaban J connectivity index is 2.16. The van der Waals surface area contributed by atoms with E-state index in [1.165, 1.54) is 12.8 Å². The molecule has 1 saturated heterocycles. The maximum absolute atomic E-state index is 9.20. The maximum atomic E-state index is 9.20. The van der Waals surface area contributed by atoms with Crippen LogP contribution in [0.2, 0.25) is 0 Å². The molecular formula is C11H23NO2. The van der Waals surface area contributed by atoms with E-state index in [0.29, 0.717) is 6.10 Å². The number of nitrogens with zero attached hydrogens (tertiary/aromatic N) is 1. The second-order valence-electron chi connectivity index (χ2n) is 4.17. The van der Waals surface area contributed by atoms with Gasteiger partial charge < -0.3 is 14.7 Å². The molecule has 0 aromatic rings. The van der Waals surface area contributed by atoms with Crippen LogP contribution in [-0.2, 0) is 4.74 Å². The van der Waals surface area contributed by atoms with Crippen LogP contribution in [0.1, 0.15) is 33.1 Å². The van der Waals surface area contributed by atoms with E-state index in [1.54, 1.807) is 0 Å². The molecule has 0 radical (unpaired) electrons. The molecule has 0 amide bonds. The van der Waals surface area contributed by atoms with Crippen molar-refractivity contribution in [3.05, 3.63) is 0 Å². The molecule has 0 aromatic carbocycles. The Morgan fingerprint density at radius 3 is 2.86 bits per heavy atom. The number of rotatable bonds is 6. The van der Waals surface area contributed by atoms with Gasteiger partial charge in [0.2, 0.25) is 0 Å². The summed E-state index contributed by atoms with van der Waals surface area (Å²) in [6, 6.07) is 0. The number of hydrogen-bond donors (Lipinski definition) is 1.